The SMILES string of the molecule is O=Cc1cccc(NOc2ccc3c(c2)C(=O)NC3=O)c1C=O. The van der Waals surface area contributed by atoms with Crippen LogP contribution in [0, 0.1) is 0 Å². The average Bonchev–Trinajstić information content (AvgIpc) is 2.86. The third kappa shape index (κ3) is 2.55. The third-order valence-corrected chi connectivity index (χ3v) is 3.37. The van der Waals surface area contributed by atoms with Gasteiger partial charge in [-0.3, -0.25) is 24.5 Å². The van der Waals surface area contributed by atoms with Gasteiger partial charge in [0.2, 0.25) is 0 Å². The smallest absolute Gasteiger partial charge is 0.259 e. The van der Waals surface area contributed by atoms with Crippen molar-refractivity contribution in [3.63, 3.8) is 0 Å². The molecular formula is C16H10N2O5. The predicted molar refractivity (Wildman–Crippen MR) is 79.7 cm³/mol. The molecule has 23 heavy (non-hydrogen) atoms. The summed E-state index contributed by atoms with van der Waals surface area (Å²) < 4.78 is 0. The van der Waals surface area contributed by atoms with Crippen molar-refractivity contribution in [3.05, 3.63) is 58.7 Å². The summed E-state index contributed by atoms with van der Waals surface area (Å²) in [5.74, 6) is -0.666. The maximum atomic E-state index is 11.6. The van der Waals surface area contributed by atoms with Crippen LogP contribution in [0.5, 0.6) is 5.75 Å². The molecule has 7 nitrogen and oxygen atoms in total. The number of anilines is 1. The first-order chi connectivity index (χ1) is 11.1. The Morgan fingerprint density at radius 3 is 2.48 bits per heavy atom. The van der Waals surface area contributed by atoms with Crippen LogP contribution < -0.4 is 15.6 Å². The lowest BCUT2D eigenvalue weighted by Crippen LogP contribution is -2.19. The summed E-state index contributed by atoms with van der Waals surface area (Å²) in [6, 6.07) is 9.06. The minimum Gasteiger partial charge on any atom is -0.382 e. The molecule has 1 heterocycles. The first-order valence-corrected chi connectivity index (χ1v) is 6.60. The highest BCUT2D eigenvalue weighted by molar-refractivity contribution is 6.21. The molecule has 0 saturated heterocycles. The molecule has 7 heteroatoms. The van der Waals surface area contributed by atoms with Crippen molar-refractivity contribution in [2.24, 2.45) is 0 Å². The van der Waals surface area contributed by atoms with Gasteiger partial charge in [-0.2, -0.15) is 0 Å². The fraction of sp³-hybridized carbons (Fsp3) is 0. The van der Waals surface area contributed by atoms with E-state index in [1.54, 1.807) is 12.1 Å². The number of nitrogens with one attached hydrogen (secondary N) is 2. The molecule has 1 aliphatic rings. The van der Waals surface area contributed by atoms with E-state index in [9.17, 15) is 19.2 Å². The molecule has 0 bridgehead atoms. The number of hydrogen-bond donors (Lipinski definition) is 2. The first-order valence-electron chi connectivity index (χ1n) is 6.60. The van der Waals surface area contributed by atoms with Crippen molar-refractivity contribution < 1.29 is 24.0 Å². The normalized spacial score (nSPS) is 12.3. The Hall–Kier alpha value is -3.48. The minimum absolute atomic E-state index is 0.164. The van der Waals surface area contributed by atoms with Crippen molar-refractivity contribution >= 4 is 30.1 Å². The first kappa shape index (κ1) is 14.5. The Morgan fingerprint density at radius 2 is 1.74 bits per heavy atom. The molecule has 0 spiro atoms. The van der Waals surface area contributed by atoms with Gasteiger partial charge < -0.3 is 4.84 Å². The Morgan fingerprint density at radius 1 is 0.957 bits per heavy atom. The molecule has 0 aliphatic carbocycles. The van der Waals surface area contributed by atoms with E-state index in [0.29, 0.717) is 18.3 Å². The zero-order valence-electron chi connectivity index (χ0n) is 11.7. The lowest BCUT2D eigenvalue weighted by atomic mass is 10.1. The van der Waals surface area contributed by atoms with Crippen molar-refractivity contribution in [2.75, 3.05) is 5.48 Å². The summed E-state index contributed by atoms with van der Waals surface area (Å²) in [6.45, 7) is 0. The fourth-order valence-electron chi connectivity index (χ4n) is 2.23. The van der Waals surface area contributed by atoms with Gasteiger partial charge in [0.25, 0.3) is 11.8 Å². The number of carbonyl (C=O) groups excluding carboxylic acids is 4. The van der Waals surface area contributed by atoms with Gasteiger partial charge in [0.15, 0.2) is 18.3 Å². The lowest BCUT2D eigenvalue weighted by Gasteiger charge is -2.11. The quantitative estimate of drug-likeness (QED) is 0.494. The molecular weight excluding hydrogens is 300 g/mol. The van der Waals surface area contributed by atoms with Gasteiger partial charge in [-0.1, -0.05) is 12.1 Å². The van der Waals surface area contributed by atoms with E-state index in [1.807, 2.05) is 0 Å². The highest BCUT2D eigenvalue weighted by atomic mass is 16.6. The van der Waals surface area contributed by atoms with Gasteiger partial charge in [-0.15, -0.1) is 0 Å². The standard InChI is InChI=1S/C16H10N2O5/c19-7-9-2-1-3-14(13(9)8-20)18-23-10-4-5-11-12(6-10)16(22)17-15(11)21/h1-8,18H,(H,17,21,22). The van der Waals surface area contributed by atoms with Crippen LogP contribution >= 0.6 is 0 Å². The maximum absolute atomic E-state index is 11.6. The number of rotatable bonds is 5. The Kier molecular flexibility index (Phi) is 3.60. The van der Waals surface area contributed by atoms with E-state index >= 15 is 0 Å². The summed E-state index contributed by atoms with van der Waals surface area (Å²) >= 11 is 0. The summed E-state index contributed by atoms with van der Waals surface area (Å²) in [4.78, 5) is 50.4. The number of aldehydes is 2. The summed E-state index contributed by atoms with van der Waals surface area (Å²) in [5.41, 5.74) is 3.76. The van der Waals surface area contributed by atoms with E-state index < -0.39 is 11.8 Å². The number of amides is 2. The number of hydrogen-bond acceptors (Lipinski definition) is 6. The van der Waals surface area contributed by atoms with Crippen LogP contribution in [0.25, 0.3) is 0 Å². The van der Waals surface area contributed by atoms with Crippen molar-refractivity contribution in [1.82, 2.24) is 5.32 Å². The van der Waals surface area contributed by atoms with Gasteiger partial charge in [-0.25, -0.2) is 5.48 Å². The molecule has 2 aromatic carbocycles. The number of benzene rings is 2. The van der Waals surface area contributed by atoms with Crippen molar-refractivity contribution in [1.29, 1.82) is 0 Å². The van der Waals surface area contributed by atoms with Crippen LogP contribution in [-0.4, -0.2) is 24.4 Å². The van der Waals surface area contributed by atoms with Gasteiger partial charge in [0.1, 0.15) is 0 Å². The summed E-state index contributed by atoms with van der Waals surface area (Å²) in [6.07, 6.45) is 1.12. The van der Waals surface area contributed by atoms with Crippen LogP contribution in [0.4, 0.5) is 5.69 Å². The van der Waals surface area contributed by atoms with Crippen LogP contribution in [0.3, 0.4) is 0 Å². The third-order valence-electron chi connectivity index (χ3n) is 3.37. The highest BCUT2D eigenvalue weighted by Gasteiger charge is 2.27. The Bertz CT molecular complexity index is 844. The molecule has 0 aromatic heterocycles. The minimum atomic E-state index is -0.494. The number of imide groups is 1. The van der Waals surface area contributed by atoms with Gasteiger partial charge >= 0.3 is 0 Å². The fourth-order valence-corrected chi connectivity index (χ4v) is 2.23. The Balaban J connectivity index is 1.84. The molecule has 2 amide bonds. The highest BCUT2D eigenvalue weighted by Crippen LogP contribution is 2.23. The summed E-state index contributed by atoms with van der Waals surface area (Å²) in [5, 5.41) is 2.18. The van der Waals surface area contributed by atoms with Crippen LogP contribution in [0.2, 0.25) is 0 Å². The number of fused-ring (bicyclic) bond motifs is 1. The molecule has 114 valence electrons. The van der Waals surface area contributed by atoms with Gasteiger partial charge in [0.05, 0.1) is 22.4 Å². The lowest BCUT2D eigenvalue weighted by molar-refractivity contribution is 0.0878. The molecule has 3 rings (SSSR count). The molecule has 2 aromatic rings. The van der Waals surface area contributed by atoms with Crippen LogP contribution in [-0.2, 0) is 0 Å². The Labute approximate surface area is 130 Å². The predicted octanol–water partition coefficient (Wildman–Crippen LogP) is 1.60. The zero-order valence-corrected chi connectivity index (χ0v) is 11.7. The second-order valence-corrected chi connectivity index (χ2v) is 4.74. The molecule has 0 radical (unpaired) electrons. The van der Waals surface area contributed by atoms with Crippen LogP contribution in [0.15, 0.2) is 36.4 Å². The van der Waals surface area contributed by atoms with E-state index in [1.165, 1.54) is 24.3 Å². The van der Waals surface area contributed by atoms with E-state index in [2.05, 4.69) is 10.8 Å². The molecule has 0 unspecified atom stereocenters. The number of carbonyl (C=O) groups is 4. The molecule has 1 aliphatic heterocycles. The van der Waals surface area contributed by atoms with Crippen LogP contribution in [0.1, 0.15) is 41.4 Å². The second-order valence-electron chi connectivity index (χ2n) is 4.74. The van der Waals surface area contributed by atoms with Crippen molar-refractivity contribution in [2.45, 2.75) is 0 Å². The second kappa shape index (κ2) is 5.72. The zero-order chi connectivity index (χ0) is 16.4. The molecule has 0 fully saturated rings. The average molecular weight is 310 g/mol. The van der Waals surface area contributed by atoms with Crippen molar-refractivity contribution in [3.8, 4) is 5.75 Å². The maximum Gasteiger partial charge on any atom is 0.259 e. The van der Waals surface area contributed by atoms with E-state index in [-0.39, 0.29) is 28.0 Å². The van der Waals surface area contributed by atoms with Gasteiger partial charge in [-0.05, 0) is 24.3 Å². The summed E-state index contributed by atoms with van der Waals surface area (Å²) in [7, 11) is 0. The largest absolute Gasteiger partial charge is 0.382 e. The van der Waals surface area contributed by atoms with Gasteiger partial charge in [0, 0.05) is 5.56 Å². The van der Waals surface area contributed by atoms with E-state index in [0.717, 1.165) is 0 Å². The monoisotopic (exact) mass is 310 g/mol. The molecule has 0 atom stereocenters. The topological polar surface area (TPSA) is 102 Å². The molecule has 2 N–H and O–H groups in total. The van der Waals surface area contributed by atoms with E-state index in [4.69, 9.17) is 4.84 Å². The molecule has 0 saturated carbocycles.